The lowest BCUT2D eigenvalue weighted by molar-refractivity contribution is 0.354. The minimum atomic E-state index is 0.291. The minimum absolute atomic E-state index is 0.291. The summed E-state index contributed by atoms with van der Waals surface area (Å²) in [4.78, 5) is 3.62. The quantitative estimate of drug-likeness (QED) is 0.771. The van der Waals surface area contributed by atoms with Gasteiger partial charge in [0.25, 0.3) is 0 Å². The molecule has 24 heavy (non-hydrogen) atoms. The van der Waals surface area contributed by atoms with Gasteiger partial charge in [0, 0.05) is 16.6 Å². The molecule has 1 aromatic heterocycles. The van der Waals surface area contributed by atoms with E-state index in [0.717, 1.165) is 30.9 Å². The SMILES string of the molecule is COc1ccc(C[C@H]2NCCc3c2[nH]c2ccccc32)cc1OC. The molecule has 2 aromatic carbocycles. The van der Waals surface area contributed by atoms with Crippen molar-refractivity contribution in [2.45, 2.75) is 18.9 Å². The molecule has 0 amide bonds. The second kappa shape index (κ2) is 6.21. The maximum absolute atomic E-state index is 5.43. The number of nitrogens with one attached hydrogen (secondary N) is 2. The number of para-hydroxylation sites is 1. The molecule has 0 aliphatic carbocycles. The third kappa shape index (κ3) is 2.53. The largest absolute Gasteiger partial charge is 0.493 e. The van der Waals surface area contributed by atoms with E-state index in [9.17, 15) is 0 Å². The number of benzene rings is 2. The van der Waals surface area contributed by atoms with Crippen LogP contribution in [0, 0.1) is 0 Å². The minimum Gasteiger partial charge on any atom is -0.493 e. The van der Waals surface area contributed by atoms with Gasteiger partial charge < -0.3 is 19.8 Å². The summed E-state index contributed by atoms with van der Waals surface area (Å²) in [5.74, 6) is 1.55. The second-order valence-electron chi connectivity index (χ2n) is 6.21. The van der Waals surface area contributed by atoms with Crippen molar-refractivity contribution in [1.29, 1.82) is 0 Å². The highest BCUT2D eigenvalue weighted by molar-refractivity contribution is 5.85. The van der Waals surface area contributed by atoms with Crippen LogP contribution < -0.4 is 14.8 Å². The molecule has 1 atom stereocenters. The van der Waals surface area contributed by atoms with Crippen molar-refractivity contribution in [3.8, 4) is 11.5 Å². The average molecular weight is 322 g/mol. The Balaban J connectivity index is 1.67. The summed E-state index contributed by atoms with van der Waals surface area (Å²) < 4.78 is 10.8. The van der Waals surface area contributed by atoms with Gasteiger partial charge in [0.2, 0.25) is 0 Å². The molecule has 0 saturated heterocycles. The number of rotatable bonds is 4. The van der Waals surface area contributed by atoms with Crippen LogP contribution in [0.3, 0.4) is 0 Å². The number of fused-ring (bicyclic) bond motifs is 3. The molecule has 2 heterocycles. The van der Waals surface area contributed by atoms with Gasteiger partial charge in [-0.05, 0) is 48.7 Å². The second-order valence-corrected chi connectivity index (χ2v) is 6.21. The fraction of sp³-hybridized carbons (Fsp3) is 0.300. The lowest BCUT2D eigenvalue weighted by Crippen LogP contribution is -2.31. The van der Waals surface area contributed by atoms with Gasteiger partial charge in [-0.25, -0.2) is 0 Å². The van der Waals surface area contributed by atoms with E-state index in [1.54, 1.807) is 14.2 Å². The molecule has 4 heteroatoms. The first-order chi connectivity index (χ1) is 11.8. The Morgan fingerprint density at radius 3 is 2.71 bits per heavy atom. The molecule has 0 spiro atoms. The normalized spacial score (nSPS) is 16.8. The van der Waals surface area contributed by atoms with E-state index in [1.807, 2.05) is 6.07 Å². The zero-order valence-electron chi connectivity index (χ0n) is 14.1. The Bertz CT molecular complexity index is 869. The summed E-state index contributed by atoms with van der Waals surface area (Å²) in [5.41, 5.74) is 5.23. The molecule has 2 N–H and O–H groups in total. The van der Waals surface area contributed by atoms with Crippen molar-refractivity contribution in [3.05, 3.63) is 59.3 Å². The molecule has 0 fully saturated rings. The molecular weight excluding hydrogens is 300 g/mol. The predicted octanol–water partition coefficient (Wildman–Crippen LogP) is 3.61. The van der Waals surface area contributed by atoms with Crippen LogP contribution in [0.2, 0.25) is 0 Å². The van der Waals surface area contributed by atoms with Crippen LogP contribution in [0.4, 0.5) is 0 Å². The van der Waals surface area contributed by atoms with Crippen LogP contribution in [0.25, 0.3) is 10.9 Å². The third-order valence-corrected chi connectivity index (χ3v) is 4.85. The highest BCUT2D eigenvalue weighted by atomic mass is 16.5. The van der Waals surface area contributed by atoms with E-state index >= 15 is 0 Å². The molecule has 4 nitrogen and oxygen atoms in total. The van der Waals surface area contributed by atoms with Gasteiger partial charge in [0.1, 0.15) is 0 Å². The molecular formula is C20H22N2O2. The Kier molecular flexibility index (Phi) is 3.90. The van der Waals surface area contributed by atoms with E-state index in [0.29, 0.717) is 6.04 Å². The predicted molar refractivity (Wildman–Crippen MR) is 96.0 cm³/mol. The first-order valence-electron chi connectivity index (χ1n) is 8.34. The maximum atomic E-state index is 5.43. The van der Waals surface area contributed by atoms with Crippen LogP contribution in [-0.4, -0.2) is 25.7 Å². The van der Waals surface area contributed by atoms with Gasteiger partial charge in [-0.15, -0.1) is 0 Å². The molecule has 0 radical (unpaired) electrons. The molecule has 1 aliphatic heterocycles. The van der Waals surface area contributed by atoms with Crippen molar-refractivity contribution >= 4 is 10.9 Å². The zero-order valence-corrected chi connectivity index (χ0v) is 14.1. The van der Waals surface area contributed by atoms with Crippen LogP contribution in [0.1, 0.15) is 22.9 Å². The molecule has 124 valence electrons. The van der Waals surface area contributed by atoms with E-state index in [2.05, 4.69) is 46.7 Å². The average Bonchev–Trinajstić information content (AvgIpc) is 3.01. The van der Waals surface area contributed by atoms with E-state index in [-0.39, 0.29) is 0 Å². The lowest BCUT2D eigenvalue weighted by Gasteiger charge is -2.25. The first kappa shape index (κ1) is 15.1. The van der Waals surface area contributed by atoms with Gasteiger partial charge in [-0.1, -0.05) is 24.3 Å². The fourth-order valence-corrected chi connectivity index (χ4v) is 3.68. The third-order valence-electron chi connectivity index (χ3n) is 4.85. The summed E-state index contributed by atoms with van der Waals surface area (Å²) in [6.07, 6.45) is 1.99. The molecule has 3 aromatic rings. The highest BCUT2D eigenvalue weighted by Gasteiger charge is 2.24. The van der Waals surface area contributed by atoms with Crippen molar-refractivity contribution in [2.75, 3.05) is 20.8 Å². The van der Waals surface area contributed by atoms with Crippen LogP contribution in [-0.2, 0) is 12.8 Å². The first-order valence-corrected chi connectivity index (χ1v) is 8.34. The van der Waals surface area contributed by atoms with Crippen molar-refractivity contribution in [3.63, 3.8) is 0 Å². The monoisotopic (exact) mass is 322 g/mol. The van der Waals surface area contributed by atoms with Gasteiger partial charge in [0.15, 0.2) is 11.5 Å². The maximum Gasteiger partial charge on any atom is 0.160 e. The number of aromatic amines is 1. The molecule has 0 saturated carbocycles. The Labute approximate surface area is 141 Å². The topological polar surface area (TPSA) is 46.3 Å². The number of hydrogen-bond donors (Lipinski definition) is 2. The number of H-pyrrole nitrogens is 1. The summed E-state index contributed by atoms with van der Waals surface area (Å²) in [6.45, 7) is 1.01. The summed E-state index contributed by atoms with van der Waals surface area (Å²) in [6, 6.07) is 15.0. The highest BCUT2D eigenvalue weighted by Crippen LogP contribution is 2.33. The summed E-state index contributed by atoms with van der Waals surface area (Å²) >= 11 is 0. The van der Waals surface area contributed by atoms with E-state index < -0.39 is 0 Å². The summed E-state index contributed by atoms with van der Waals surface area (Å²) in [5, 5.41) is 5.00. The number of methoxy groups -OCH3 is 2. The number of ether oxygens (including phenoxy) is 2. The summed E-state index contributed by atoms with van der Waals surface area (Å²) in [7, 11) is 3.34. The lowest BCUT2D eigenvalue weighted by atomic mass is 9.94. The Morgan fingerprint density at radius 1 is 1.04 bits per heavy atom. The van der Waals surface area contributed by atoms with Crippen molar-refractivity contribution in [1.82, 2.24) is 10.3 Å². The van der Waals surface area contributed by atoms with Gasteiger partial charge in [0.05, 0.1) is 20.3 Å². The van der Waals surface area contributed by atoms with Crippen molar-refractivity contribution in [2.24, 2.45) is 0 Å². The van der Waals surface area contributed by atoms with Crippen molar-refractivity contribution < 1.29 is 9.47 Å². The molecule has 0 bridgehead atoms. The standard InChI is InChI=1S/C20H22N2O2/c1-23-18-8-7-13(12-19(18)24-2)11-17-20-15(9-10-21-17)14-5-3-4-6-16(14)22-20/h3-8,12,17,21-22H,9-11H2,1-2H3/t17-/m1/s1. The van der Waals surface area contributed by atoms with E-state index in [4.69, 9.17) is 9.47 Å². The van der Waals surface area contributed by atoms with E-state index in [1.165, 1.54) is 27.7 Å². The fourth-order valence-electron chi connectivity index (χ4n) is 3.68. The Morgan fingerprint density at radius 2 is 1.88 bits per heavy atom. The van der Waals surface area contributed by atoms with Crippen LogP contribution >= 0.6 is 0 Å². The van der Waals surface area contributed by atoms with Crippen LogP contribution in [0.15, 0.2) is 42.5 Å². The van der Waals surface area contributed by atoms with Gasteiger partial charge in [-0.2, -0.15) is 0 Å². The molecule has 4 rings (SSSR count). The number of hydrogen-bond acceptors (Lipinski definition) is 3. The molecule has 0 unspecified atom stereocenters. The van der Waals surface area contributed by atoms with Gasteiger partial charge in [-0.3, -0.25) is 0 Å². The Hall–Kier alpha value is -2.46. The van der Waals surface area contributed by atoms with Gasteiger partial charge >= 0.3 is 0 Å². The number of aromatic nitrogens is 1. The zero-order chi connectivity index (χ0) is 16.5. The van der Waals surface area contributed by atoms with Crippen LogP contribution in [0.5, 0.6) is 11.5 Å². The smallest absolute Gasteiger partial charge is 0.160 e. The molecule has 1 aliphatic rings.